The van der Waals surface area contributed by atoms with Gasteiger partial charge < -0.3 is 0 Å². The maximum Gasteiger partial charge on any atom is 0.193 e. The number of ketones is 2. The highest BCUT2D eigenvalue weighted by Gasteiger charge is 2.11. The van der Waals surface area contributed by atoms with Crippen molar-refractivity contribution in [2.24, 2.45) is 0 Å². The Morgan fingerprint density at radius 3 is 1.26 bits per heavy atom. The molecule has 0 N–H and O–H groups in total. The highest BCUT2D eigenvalue weighted by atomic mass is 35.5. The molecule has 2 nitrogen and oxygen atoms in total. The van der Waals surface area contributed by atoms with Crippen molar-refractivity contribution in [3.05, 3.63) is 129 Å². The minimum Gasteiger partial charge on any atom is -0.289 e. The molecule has 5 heteroatoms. The van der Waals surface area contributed by atoms with Gasteiger partial charge in [-0.1, -0.05) is 59.2 Å². The topological polar surface area (TPSA) is 34.1 Å². The Balaban J connectivity index is 1.45. The highest BCUT2D eigenvalue weighted by Crippen LogP contribution is 2.29. The first kappa shape index (κ1) is 21.4. The summed E-state index contributed by atoms with van der Waals surface area (Å²) in [7, 11) is 0. The molecule has 0 saturated heterocycles. The van der Waals surface area contributed by atoms with Gasteiger partial charge in [0, 0.05) is 42.1 Å². The van der Waals surface area contributed by atoms with E-state index < -0.39 is 0 Å². The lowest BCUT2D eigenvalue weighted by molar-refractivity contribution is 0.103. The first-order valence-electron chi connectivity index (χ1n) is 9.48. The van der Waals surface area contributed by atoms with Crippen LogP contribution in [-0.4, -0.2) is 11.6 Å². The molecule has 0 atom stereocenters. The fourth-order valence-corrected chi connectivity index (χ4v) is 4.27. The van der Waals surface area contributed by atoms with E-state index in [9.17, 15) is 9.59 Å². The third kappa shape index (κ3) is 5.26. The molecule has 0 spiro atoms. The SMILES string of the molecule is O=C(c1ccc(Sc2ccc(C(=O)c3cccc(Cl)c3)cc2)cc1)c1cccc(Cl)c1. The number of rotatable bonds is 6. The van der Waals surface area contributed by atoms with E-state index in [4.69, 9.17) is 23.2 Å². The Kier molecular flexibility index (Phi) is 6.57. The molecule has 0 unspecified atom stereocenters. The van der Waals surface area contributed by atoms with Gasteiger partial charge in [0.2, 0.25) is 0 Å². The molecule has 31 heavy (non-hydrogen) atoms. The van der Waals surface area contributed by atoms with Crippen LogP contribution in [0, 0.1) is 0 Å². The van der Waals surface area contributed by atoms with E-state index >= 15 is 0 Å². The molecule has 0 saturated carbocycles. The molecule has 0 aliphatic heterocycles. The number of carbonyl (C=O) groups is 2. The van der Waals surface area contributed by atoms with Gasteiger partial charge in [-0.15, -0.1) is 0 Å². The van der Waals surface area contributed by atoms with Crippen LogP contribution in [0.15, 0.2) is 107 Å². The lowest BCUT2D eigenvalue weighted by atomic mass is 10.0. The van der Waals surface area contributed by atoms with Crippen molar-refractivity contribution in [3.8, 4) is 0 Å². The summed E-state index contributed by atoms with van der Waals surface area (Å²) in [5, 5.41) is 1.07. The Hall–Kier alpha value is -2.85. The van der Waals surface area contributed by atoms with E-state index in [2.05, 4.69) is 0 Å². The second-order valence-electron chi connectivity index (χ2n) is 6.83. The summed E-state index contributed by atoms with van der Waals surface area (Å²) in [6.07, 6.45) is 0. The normalized spacial score (nSPS) is 10.6. The zero-order valence-electron chi connectivity index (χ0n) is 16.2. The van der Waals surface area contributed by atoms with Crippen LogP contribution in [0.4, 0.5) is 0 Å². The van der Waals surface area contributed by atoms with Crippen molar-refractivity contribution >= 4 is 46.5 Å². The van der Waals surface area contributed by atoms with Crippen molar-refractivity contribution in [2.75, 3.05) is 0 Å². The van der Waals surface area contributed by atoms with Gasteiger partial charge in [-0.3, -0.25) is 9.59 Å². The molecule has 0 heterocycles. The van der Waals surface area contributed by atoms with Gasteiger partial charge in [0.05, 0.1) is 0 Å². The van der Waals surface area contributed by atoms with Gasteiger partial charge in [0.25, 0.3) is 0 Å². The van der Waals surface area contributed by atoms with Crippen molar-refractivity contribution in [3.63, 3.8) is 0 Å². The fraction of sp³-hybridized carbons (Fsp3) is 0. The van der Waals surface area contributed by atoms with E-state index in [1.165, 1.54) is 0 Å². The molecule has 4 aromatic carbocycles. The number of halogens is 2. The first-order chi connectivity index (χ1) is 15.0. The van der Waals surface area contributed by atoms with Gasteiger partial charge in [0.15, 0.2) is 11.6 Å². The zero-order valence-corrected chi connectivity index (χ0v) is 18.5. The van der Waals surface area contributed by atoms with Crippen LogP contribution in [0.25, 0.3) is 0 Å². The third-order valence-corrected chi connectivity index (χ3v) is 6.13. The predicted octanol–water partition coefficient (Wildman–Crippen LogP) is 7.61. The quantitative estimate of drug-likeness (QED) is 0.276. The monoisotopic (exact) mass is 462 g/mol. The molecule has 0 bridgehead atoms. The van der Waals surface area contributed by atoms with Crippen LogP contribution in [0.5, 0.6) is 0 Å². The maximum atomic E-state index is 12.6. The number of benzene rings is 4. The first-order valence-corrected chi connectivity index (χ1v) is 11.1. The third-order valence-electron chi connectivity index (χ3n) is 4.64. The van der Waals surface area contributed by atoms with Gasteiger partial charge in [-0.05, 0) is 72.8 Å². The molecule has 152 valence electrons. The summed E-state index contributed by atoms with van der Waals surface area (Å²) in [6.45, 7) is 0. The van der Waals surface area contributed by atoms with E-state index in [-0.39, 0.29) is 11.6 Å². The van der Waals surface area contributed by atoms with Gasteiger partial charge >= 0.3 is 0 Å². The average Bonchev–Trinajstić information content (AvgIpc) is 2.79. The molecule has 0 amide bonds. The van der Waals surface area contributed by atoms with Crippen LogP contribution in [0.2, 0.25) is 10.0 Å². The number of carbonyl (C=O) groups excluding carboxylic acids is 2. The predicted molar refractivity (Wildman–Crippen MR) is 127 cm³/mol. The minimum atomic E-state index is -0.0667. The summed E-state index contributed by atoms with van der Waals surface area (Å²) >= 11 is 13.5. The Bertz CT molecular complexity index is 1150. The summed E-state index contributed by atoms with van der Waals surface area (Å²) in [5.41, 5.74) is 2.34. The van der Waals surface area contributed by atoms with Crippen molar-refractivity contribution in [1.29, 1.82) is 0 Å². The largest absolute Gasteiger partial charge is 0.289 e. The number of hydrogen-bond acceptors (Lipinski definition) is 3. The minimum absolute atomic E-state index is 0.0667. The molecule has 0 fully saturated rings. The molecular formula is C26H16Cl2O2S. The summed E-state index contributed by atoms with van der Waals surface area (Å²) < 4.78 is 0. The Morgan fingerprint density at radius 2 is 0.903 bits per heavy atom. The summed E-state index contributed by atoms with van der Waals surface area (Å²) in [5.74, 6) is -0.133. The standard InChI is InChI=1S/C26H16Cl2O2S/c27-21-5-1-3-19(15-21)25(29)17-7-11-23(12-8-17)31-24-13-9-18(10-14-24)26(30)20-4-2-6-22(28)16-20/h1-16H. The van der Waals surface area contributed by atoms with Crippen LogP contribution >= 0.6 is 35.0 Å². The van der Waals surface area contributed by atoms with E-state index in [1.54, 1.807) is 60.3 Å². The number of hydrogen-bond donors (Lipinski definition) is 0. The fourth-order valence-electron chi connectivity index (χ4n) is 3.08. The zero-order chi connectivity index (χ0) is 21.8. The molecule has 4 rings (SSSR count). The molecule has 4 aromatic rings. The average molecular weight is 463 g/mol. The molecule has 0 aromatic heterocycles. The Morgan fingerprint density at radius 1 is 0.516 bits per heavy atom. The molecule has 0 radical (unpaired) electrons. The van der Waals surface area contributed by atoms with E-state index in [0.29, 0.717) is 32.3 Å². The smallest absolute Gasteiger partial charge is 0.193 e. The lowest BCUT2D eigenvalue weighted by Gasteiger charge is -2.06. The van der Waals surface area contributed by atoms with E-state index in [1.807, 2.05) is 48.5 Å². The lowest BCUT2D eigenvalue weighted by Crippen LogP contribution is -2.01. The Labute approximate surface area is 194 Å². The van der Waals surface area contributed by atoms with Gasteiger partial charge in [-0.2, -0.15) is 0 Å². The van der Waals surface area contributed by atoms with Crippen LogP contribution in [0.1, 0.15) is 31.8 Å². The van der Waals surface area contributed by atoms with Gasteiger partial charge in [0.1, 0.15) is 0 Å². The summed E-state index contributed by atoms with van der Waals surface area (Å²) in [4.78, 5) is 27.2. The van der Waals surface area contributed by atoms with Crippen molar-refractivity contribution in [1.82, 2.24) is 0 Å². The molecule has 0 aliphatic rings. The highest BCUT2D eigenvalue weighted by molar-refractivity contribution is 7.99. The van der Waals surface area contributed by atoms with Crippen LogP contribution in [-0.2, 0) is 0 Å². The second-order valence-corrected chi connectivity index (χ2v) is 8.85. The van der Waals surface area contributed by atoms with E-state index in [0.717, 1.165) is 9.79 Å². The van der Waals surface area contributed by atoms with Crippen molar-refractivity contribution in [2.45, 2.75) is 9.79 Å². The van der Waals surface area contributed by atoms with Crippen LogP contribution in [0.3, 0.4) is 0 Å². The maximum absolute atomic E-state index is 12.6. The summed E-state index contributed by atoms with van der Waals surface area (Å²) in [6, 6.07) is 28.7. The van der Waals surface area contributed by atoms with Gasteiger partial charge in [-0.25, -0.2) is 0 Å². The molecule has 0 aliphatic carbocycles. The molecular weight excluding hydrogens is 447 g/mol. The second kappa shape index (κ2) is 9.52. The van der Waals surface area contributed by atoms with Crippen molar-refractivity contribution < 1.29 is 9.59 Å². The van der Waals surface area contributed by atoms with Crippen LogP contribution < -0.4 is 0 Å².